The molecule has 0 radical (unpaired) electrons. The second kappa shape index (κ2) is 6.45. The Morgan fingerprint density at radius 2 is 2.30 bits per heavy atom. The van der Waals surface area contributed by atoms with E-state index in [1.54, 1.807) is 13.0 Å². The Bertz CT molecular complexity index is 109. The van der Waals surface area contributed by atoms with Crippen LogP contribution >= 0.6 is 0 Å². The Labute approximate surface area is 60.6 Å². The van der Waals surface area contributed by atoms with Gasteiger partial charge in [0.2, 0.25) is 0 Å². The van der Waals surface area contributed by atoms with Crippen LogP contribution in [-0.4, -0.2) is 19.0 Å². The van der Waals surface area contributed by atoms with Crippen LogP contribution in [0.1, 0.15) is 13.3 Å². The minimum Gasteiger partial charge on any atom is -0.297 e. The van der Waals surface area contributed by atoms with E-state index in [0.29, 0.717) is 13.0 Å². The molecule has 3 heteroatoms. The number of ketones is 1. The van der Waals surface area contributed by atoms with Gasteiger partial charge in [0, 0.05) is 6.42 Å². The number of hydrogen-bond acceptors (Lipinski definition) is 3. The molecule has 0 fully saturated rings. The summed E-state index contributed by atoms with van der Waals surface area (Å²) in [5, 5.41) is 0. The predicted octanol–water partition coefficient (Wildman–Crippen LogP) is 1.10. The smallest absolute Gasteiger partial charge is 0.161 e. The van der Waals surface area contributed by atoms with Crippen molar-refractivity contribution in [1.82, 2.24) is 0 Å². The predicted molar refractivity (Wildman–Crippen MR) is 37.4 cm³/mol. The lowest BCUT2D eigenvalue weighted by molar-refractivity contribution is -0.280. The van der Waals surface area contributed by atoms with Crippen molar-refractivity contribution in [1.29, 1.82) is 0 Å². The van der Waals surface area contributed by atoms with Crippen LogP contribution in [0.25, 0.3) is 0 Å². The van der Waals surface area contributed by atoms with Crippen molar-refractivity contribution in [2.75, 3.05) is 13.2 Å². The van der Waals surface area contributed by atoms with Gasteiger partial charge in [0.15, 0.2) is 5.78 Å². The maximum absolute atomic E-state index is 10.5. The summed E-state index contributed by atoms with van der Waals surface area (Å²) in [5.41, 5.74) is 0. The van der Waals surface area contributed by atoms with Gasteiger partial charge in [-0.05, 0) is 0 Å². The van der Waals surface area contributed by atoms with Gasteiger partial charge in [0.1, 0.15) is 13.2 Å². The van der Waals surface area contributed by atoms with Crippen molar-refractivity contribution in [3.63, 3.8) is 0 Å². The van der Waals surface area contributed by atoms with Gasteiger partial charge in [-0.1, -0.05) is 13.0 Å². The third-order valence-electron chi connectivity index (χ3n) is 0.883. The number of carbonyl (C=O) groups is 1. The quantitative estimate of drug-likeness (QED) is 0.242. The molecular formula is C7H12O3. The number of hydrogen-bond donors (Lipinski definition) is 0. The molecule has 0 aromatic carbocycles. The van der Waals surface area contributed by atoms with Crippen LogP contribution in [0.3, 0.4) is 0 Å². The van der Waals surface area contributed by atoms with Gasteiger partial charge in [-0.15, -0.1) is 6.58 Å². The van der Waals surface area contributed by atoms with E-state index in [4.69, 9.17) is 0 Å². The van der Waals surface area contributed by atoms with E-state index in [2.05, 4.69) is 16.4 Å². The molecule has 0 aromatic heterocycles. The van der Waals surface area contributed by atoms with Crippen molar-refractivity contribution in [2.24, 2.45) is 0 Å². The van der Waals surface area contributed by atoms with Gasteiger partial charge in [-0.25, -0.2) is 9.78 Å². The lowest BCUT2D eigenvalue weighted by atomic mass is 10.3. The van der Waals surface area contributed by atoms with Crippen LogP contribution < -0.4 is 0 Å². The first-order valence-electron chi connectivity index (χ1n) is 3.18. The molecule has 0 aliphatic heterocycles. The van der Waals surface area contributed by atoms with E-state index < -0.39 is 0 Å². The van der Waals surface area contributed by atoms with Crippen LogP contribution in [-0.2, 0) is 14.6 Å². The van der Waals surface area contributed by atoms with Gasteiger partial charge < -0.3 is 0 Å². The van der Waals surface area contributed by atoms with Gasteiger partial charge >= 0.3 is 0 Å². The summed E-state index contributed by atoms with van der Waals surface area (Å²) < 4.78 is 0. The maximum atomic E-state index is 10.5. The molecule has 0 heterocycles. The molecule has 0 atom stereocenters. The molecule has 0 saturated heterocycles. The minimum atomic E-state index is 0.0315. The SMILES string of the molecule is C=CCOOCC(=O)CC. The van der Waals surface area contributed by atoms with E-state index in [1.807, 2.05) is 0 Å². The Morgan fingerprint density at radius 1 is 1.60 bits per heavy atom. The third-order valence-corrected chi connectivity index (χ3v) is 0.883. The molecule has 0 N–H and O–H groups in total. The molecule has 0 rings (SSSR count). The lowest BCUT2D eigenvalue weighted by Gasteiger charge is -1.97. The fraction of sp³-hybridized carbons (Fsp3) is 0.571. The van der Waals surface area contributed by atoms with Gasteiger partial charge in [0.25, 0.3) is 0 Å². The monoisotopic (exact) mass is 144 g/mol. The van der Waals surface area contributed by atoms with Gasteiger partial charge in [0.05, 0.1) is 0 Å². The highest BCUT2D eigenvalue weighted by Gasteiger charge is 1.96. The molecule has 0 aliphatic carbocycles. The van der Waals surface area contributed by atoms with E-state index in [1.165, 1.54) is 0 Å². The molecule has 0 aromatic rings. The molecular weight excluding hydrogens is 132 g/mol. The summed E-state index contributed by atoms with van der Waals surface area (Å²) in [5.74, 6) is 0.0315. The average Bonchev–Trinajstić information content (AvgIpc) is 1.98. The number of rotatable bonds is 6. The summed E-state index contributed by atoms with van der Waals surface area (Å²) in [6, 6.07) is 0. The van der Waals surface area contributed by atoms with Crippen molar-refractivity contribution < 1.29 is 14.6 Å². The molecule has 0 bridgehead atoms. The summed E-state index contributed by atoms with van der Waals surface area (Å²) in [7, 11) is 0. The van der Waals surface area contributed by atoms with E-state index in [-0.39, 0.29) is 12.4 Å². The standard InChI is InChI=1S/C7H12O3/c1-3-5-9-10-6-7(8)4-2/h3H,1,4-6H2,2H3. The van der Waals surface area contributed by atoms with Gasteiger partial charge in [-0.2, -0.15) is 0 Å². The average molecular weight is 144 g/mol. The topological polar surface area (TPSA) is 35.5 Å². The zero-order valence-corrected chi connectivity index (χ0v) is 6.13. The first-order chi connectivity index (χ1) is 4.81. The third kappa shape index (κ3) is 5.47. The van der Waals surface area contributed by atoms with Crippen molar-refractivity contribution in [3.8, 4) is 0 Å². The summed E-state index contributed by atoms with van der Waals surface area (Å²) >= 11 is 0. The van der Waals surface area contributed by atoms with Crippen molar-refractivity contribution in [3.05, 3.63) is 12.7 Å². The molecule has 0 spiro atoms. The Hall–Kier alpha value is -0.670. The number of carbonyl (C=O) groups excluding carboxylic acids is 1. The highest BCUT2D eigenvalue weighted by Crippen LogP contribution is 1.84. The first-order valence-corrected chi connectivity index (χ1v) is 3.18. The van der Waals surface area contributed by atoms with E-state index in [0.717, 1.165) is 0 Å². The highest BCUT2D eigenvalue weighted by atomic mass is 17.2. The fourth-order valence-corrected chi connectivity index (χ4v) is 0.306. The molecule has 3 nitrogen and oxygen atoms in total. The molecule has 0 saturated carbocycles. The molecule has 58 valence electrons. The van der Waals surface area contributed by atoms with Gasteiger partial charge in [-0.3, -0.25) is 4.79 Å². The molecule has 0 aliphatic rings. The lowest BCUT2D eigenvalue weighted by Crippen LogP contribution is -2.07. The first kappa shape index (κ1) is 9.33. The maximum Gasteiger partial charge on any atom is 0.161 e. The van der Waals surface area contributed by atoms with E-state index >= 15 is 0 Å². The van der Waals surface area contributed by atoms with Crippen molar-refractivity contribution >= 4 is 5.78 Å². The number of Topliss-reactive ketones (excluding diaryl/α,β-unsaturated/α-hetero) is 1. The zero-order chi connectivity index (χ0) is 7.82. The normalized spacial score (nSPS) is 9.30. The largest absolute Gasteiger partial charge is 0.297 e. The molecule has 0 amide bonds. The highest BCUT2D eigenvalue weighted by molar-refractivity contribution is 5.79. The zero-order valence-electron chi connectivity index (χ0n) is 6.13. The minimum absolute atomic E-state index is 0.0315. The van der Waals surface area contributed by atoms with Crippen LogP contribution in [0.2, 0.25) is 0 Å². The van der Waals surface area contributed by atoms with Crippen LogP contribution in [0.5, 0.6) is 0 Å². The van der Waals surface area contributed by atoms with E-state index in [9.17, 15) is 4.79 Å². The van der Waals surface area contributed by atoms with Crippen molar-refractivity contribution in [2.45, 2.75) is 13.3 Å². The second-order valence-corrected chi connectivity index (χ2v) is 1.73. The Kier molecular flexibility index (Phi) is 6.02. The summed E-state index contributed by atoms with van der Waals surface area (Å²) in [4.78, 5) is 19.6. The van der Waals surface area contributed by atoms with Crippen LogP contribution in [0, 0.1) is 0 Å². The van der Waals surface area contributed by atoms with Crippen LogP contribution in [0.4, 0.5) is 0 Å². The van der Waals surface area contributed by atoms with Crippen LogP contribution in [0.15, 0.2) is 12.7 Å². The summed E-state index contributed by atoms with van der Waals surface area (Å²) in [6.45, 7) is 5.53. The molecule has 0 unspecified atom stereocenters. The summed E-state index contributed by atoms with van der Waals surface area (Å²) in [6.07, 6.45) is 2.04. The fourth-order valence-electron chi connectivity index (χ4n) is 0.306. The molecule has 10 heavy (non-hydrogen) atoms. The Morgan fingerprint density at radius 3 is 2.80 bits per heavy atom. The second-order valence-electron chi connectivity index (χ2n) is 1.73. The Balaban J connectivity index is 3.03.